The Morgan fingerprint density at radius 2 is 1.94 bits per heavy atom. The van der Waals surface area contributed by atoms with Crippen LogP contribution >= 0.6 is 0 Å². The molecular weight excluding hydrogens is 470 g/mol. The van der Waals surface area contributed by atoms with Crippen LogP contribution in [0.1, 0.15) is 30.8 Å². The Morgan fingerprint density at radius 3 is 2.57 bits per heavy atom. The third kappa shape index (κ3) is 5.46. The smallest absolute Gasteiger partial charge is 0.433 e. The number of methoxy groups -OCH3 is 1. The maximum Gasteiger partial charge on any atom is 0.433 e. The van der Waals surface area contributed by atoms with Crippen molar-refractivity contribution in [2.24, 2.45) is 0 Å². The number of nitrogens with zero attached hydrogens (tertiary/aromatic N) is 4. The van der Waals surface area contributed by atoms with Gasteiger partial charge in [-0.2, -0.15) is 23.5 Å². The van der Waals surface area contributed by atoms with E-state index in [0.29, 0.717) is 0 Å². The zero-order valence-corrected chi connectivity index (χ0v) is 18.8. The Bertz CT molecular complexity index is 1330. The van der Waals surface area contributed by atoms with E-state index in [4.69, 9.17) is 4.74 Å². The predicted octanol–water partition coefficient (Wildman–Crippen LogP) is 4.06. The van der Waals surface area contributed by atoms with E-state index in [0.717, 1.165) is 18.2 Å². The van der Waals surface area contributed by atoms with Crippen LogP contribution in [0.2, 0.25) is 0 Å². The number of pyridine rings is 1. The molecule has 0 atom stereocenters. The summed E-state index contributed by atoms with van der Waals surface area (Å²) < 4.78 is 59.5. The number of aromatic nitrogens is 3. The second-order valence-electron chi connectivity index (χ2n) is 7.95. The van der Waals surface area contributed by atoms with Gasteiger partial charge in [-0.3, -0.25) is 9.48 Å². The van der Waals surface area contributed by atoms with Crippen LogP contribution in [0, 0.1) is 17.1 Å². The second-order valence-corrected chi connectivity index (χ2v) is 7.95. The summed E-state index contributed by atoms with van der Waals surface area (Å²) in [7, 11) is 1.22. The molecule has 1 amide bonds. The number of halogens is 4. The minimum absolute atomic E-state index is 0.0675. The van der Waals surface area contributed by atoms with Gasteiger partial charge in [0.15, 0.2) is 5.54 Å². The molecule has 0 aliphatic rings. The minimum atomic E-state index is -4.66. The van der Waals surface area contributed by atoms with Crippen LogP contribution in [0.25, 0.3) is 11.1 Å². The zero-order chi connectivity index (χ0) is 26.0. The first kappa shape index (κ1) is 25.4. The fourth-order valence-corrected chi connectivity index (χ4v) is 3.27. The van der Waals surface area contributed by atoms with Crippen molar-refractivity contribution in [3.8, 4) is 17.2 Å². The maximum atomic E-state index is 15.0. The Kier molecular flexibility index (Phi) is 6.91. The molecule has 0 saturated carbocycles. The van der Waals surface area contributed by atoms with Gasteiger partial charge in [0.05, 0.1) is 37.1 Å². The van der Waals surface area contributed by atoms with Gasteiger partial charge in [-0.1, -0.05) is 6.07 Å². The molecule has 0 saturated heterocycles. The van der Waals surface area contributed by atoms with E-state index in [1.54, 1.807) is 13.8 Å². The van der Waals surface area contributed by atoms with Crippen LogP contribution in [0.4, 0.5) is 23.2 Å². The van der Waals surface area contributed by atoms with Gasteiger partial charge in [0, 0.05) is 23.0 Å². The lowest BCUT2D eigenvalue weighted by Gasteiger charge is -2.21. The number of hydrogen-bond donors (Lipinski definition) is 1. The number of ether oxygens (including phenoxy) is 1. The van der Waals surface area contributed by atoms with Gasteiger partial charge in [0.1, 0.15) is 11.5 Å². The Morgan fingerprint density at radius 1 is 1.23 bits per heavy atom. The van der Waals surface area contributed by atoms with Gasteiger partial charge in [0.25, 0.3) is 0 Å². The Balaban J connectivity index is 1.85. The fourth-order valence-electron chi connectivity index (χ4n) is 3.27. The number of carbonyl (C=O) groups is 2. The third-order valence-corrected chi connectivity index (χ3v) is 5.06. The molecule has 0 spiro atoms. The van der Waals surface area contributed by atoms with Crippen molar-refractivity contribution in [2.45, 2.75) is 32.0 Å². The fraction of sp³-hybridized carbons (Fsp3) is 0.261. The monoisotopic (exact) mass is 489 g/mol. The molecule has 3 rings (SSSR count). The molecule has 0 bridgehead atoms. The summed E-state index contributed by atoms with van der Waals surface area (Å²) in [5, 5.41) is 16.0. The highest BCUT2D eigenvalue weighted by molar-refractivity contribution is 5.93. The molecule has 8 nitrogen and oxygen atoms in total. The number of carbonyl (C=O) groups excluding carboxylic acids is 2. The molecule has 1 N–H and O–H groups in total. The molecular formula is C23H19F4N5O3. The van der Waals surface area contributed by atoms with Crippen LogP contribution in [-0.4, -0.2) is 33.8 Å². The van der Waals surface area contributed by atoms with Crippen molar-refractivity contribution >= 4 is 17.6 Å². The number of esters is 1. The number of alkyl halides is 3. The van der Waals surface area contributed by atoms with Crippen molar-refractivity contribution in [3.05, 3.63) is 65.5 Å². The largest absolute Gasteiger partial charge is 0.467 e. The van der Waals surface area contributed by atoms with E-state index in [9.17, 15) is 28.0 Å². The molecule has 0 radical (unpaired) electrons. The van der Waals surface area contributed by atoms with E-state index >= 15 is 4.39 Å². The normalized spacial score (nSPS) is 11.6. The van der Waals surface area contributed by atoms with Gasteiger partial charge in [-0.25, -0.2) is 14.2 Å². The number of rotatable bonds is 6. The summed E-state index contributed by atoms with van der Waals surface area (Å²) in [4.78, 5) is 27.7. The van der Waals surface area contributed by atoms with E-state index in [2.05, 4.69) is 15.4 Å². The van der Waals surface area contributed by atoms with Crippen molar-refractivity contribution in [1.29, 1.82) is 5.26 Å². The Hall–Kier alpha value is -4.27. The number of benzene rings is 1. The summed E-state index contributed by atoms with van der Waals surface area (Å²) in [6.07, 6.45) is -2.49. The number of anilines is 1. The molecule has 35 heavy (non-hydrogen) atoms. The highest BCUT2D eigenvalue weighted by Crippen LogP contribution is 2.31. The van der Waals surface area contributed by atoms with E-state index in [1.165, 1.54) is 36.3 Å². The van der Waals surface area contributed by atoms with Crippen molar-refractivity contribution in [1.82, 2.24) is 14.8 Å². The standard InChI is InChI=1S/C23H19F4N5O3/c1-22(2,21(34)35-3)32-12-14(11-29-32)20-13(10-28)7-16(8-17(20)24)31-19(33)9-15-5-4-6-18(30-15)23(25,26)27/h4-8,11-12H,9H2,1-3H3,(H,31,33). The summed E-state index contributed by atoms with van der Waals surface area (Å²) in [6, 6.07) is 7.20. The second kappa shape index (κ2) is 9.54. The first-order valence-electron chi connectivity index (χ1n) is 10.1. The quantitative estimate of drug-likeness (QED) is 0.413. The summed E-state index contributed by atoms with van der Waals surface area (Å²) in [5.41, 5.74) is -2.55. The van der Waals surface area contributed by atoms with E-state index in [1.807, 2.05) is 6.07 Å². The number of hydrogen-bond acceptors (Lipinski definition) is 6. The first-order valence-corrected chi connectivity index (χ1v) is 10.1. The highest BCUT2D eigenvalue weighted by atomic mass is 19.4. The lowest BCUT2D eigenvalue weighted by atomic mass is 10.0. The molecule has 1 aromatic carbocycles. The van der Waals surface area contributed by atoms with Gasteiger partial charge < -0.3 is 10.1 Å². The topological polar surface area (TPSA) is 110 Å². The average Bonchev–Trinajstić information content (AvgIpc) is 3.28. The number of amides is 1. The third-order valence-electron chi connectivity index (χ3n) is 5.06. The molecule has 0 unspecified atom stereocenters. The predicted molar refractivity (Wildman–Crippen MR) is 115 cm³/mol. The molecule has 2 aromatic heterocycles. The molecule has 2 heterocycles. The van der Waals surface area contributed by atoms with Crippen LogP contribution in [-0.2, 0) is 32.5 Å². The van der Waals surface area contributed by atoms with Gasteiger partial charge in [0.2, 0.25) is 5.91 Å². The minimum Gasteiger partial charge on any atom is -0.467 e. The van der Waals surface area contributed by atoms with Gasteiger partial charge in [-0.15, -0.1) is 0 Å². The van der Waals surface area contributed by atoms with Crippen molar-refractivity contribution in [3.63, 3.8) is 0 Å². The van der Waals surface area contributed by atoms with E-state index in [-0.39, 0.29) is 28.1 Å². The maximum absolute atomic E-state index is 15.0. The van der Waals surface area contributed by atoms with Crippen LogP contribution < -0.4 is 5.32 Å². The highest BCUT2D eigenvalue weighted by Gasteiger charge is 2.33. The summed E-state index contributed by atoms with van der Waals surface area (Å²) >= 11 is 0. The lowest BCUT2D eigenvalue weighted by Crippen LogP contribution is -2.37. The average molecular weight is 489 g/mol. The molecule has 3 aromatic rings. The number of nitriles is 1. The van der Waals surface area contributed by atoms with Crippen molar-refractivity contribution < 1.29 is 31.9 Å². The van der Waals surface area contributed by atoms with Crippen LogP contribution in [0.3, 0.4) is 0 Å². The van der Waals surface area contributed by atoms with E-state index < -0.39 is 41.5 Å². The van der Waals surface area contributed by atoms with Crippen LogP contribution in [0.15, 0.2) is 42.7 Å². The van der Waals surface area contributed by atoms with Gasteiger partial charge in [-0.05, 0) is 38.1 Å². The Labute approximate surface area is 197 Å². The molecule has 182 valence electrons. The molecule has 0 aliphatic heterocycles. The SMILES string of the molecule is COC(=O)C(C)(C)n1cc(-c2c(F)cc(NC(=O)Cc3cccc(C(F)(F)F)n3)cc2C#N)cn1. The summed E-state index contributed by atoms with van der Waals surface area (Å²) in [5.74, 6) is -2.19. The number of nitrogens with one attached hydrogen (secondary N) is 1. The molecule has 0 aliphatic carbocycles. The van der Waals surface area contributed by atoms with Crippen LogP contribution in [0.5, 0.6) is 0 Å². The summed E-state index contributed by atoms with van der Waals surface area (Å²) in [6.45, 7) is 3.10. The lowest BCUT2D eigenvalue weighted by molar-refractivity contribution is -0.150. The first-order chi connectivity index (χ1) is 16.4. The molecule has 0 fully saturated rings. The molecule has 12 heteroatoms. The zero-order valence-electron chi connectivity index (χ0n) is 18.8. The van der Waals surface area contributed by atoms with Crippen molar-refractivity contribution in [2.75, 3.05) is 12.4 Å². The van der Waals surface area contributed by atoms with Gasteiger partial charge >= 0.3 is 12.1 Å².